The van der Waals surface area contributed by atoms with Crippen LogP contribution >= 0.6 is 11.6 Å². The molecule has 0 aliphatic heterocycles. The third-order valence-corrected chi connectivity index (χ3v) is 2.73. The lowest BCUT2D eigenvalue weighted by Gasteiger charge is -2.09. The molecule has 4 heteroatoms. The summed E-state index contributed by atoms with van der Waals surface area (Å²) >= 11 is 5.74. The zero-order valence-corrected chi connectivity index (χ0v) is 10.5. The average molecular weight is 267 g/mol. The molecule has 18 heavy (non-hydrogen) atoms. The van der Waals surface area contributed by atoms with Crippen LogP contribution in [0.1, 0.15) is 18.6 Å². The van der Waals surface area contributed by atoms with E-state index in [4.69, 9.17) is 16.3 Å². The molecule has 0 saturated heterocycles. The number of hydrogen-bond donors (Lipinski definition) is 1. The number of halogens is 2. The van der Waals surface area contributed by atoms with Crippen molar-refractivity contribution in [2.24, 2.45) is 0 Å². The quantitative estimate of drug-likeness (QED) is 0.896. The Hall–Kier alpha value is -1.58. The van der Waals surface area contributed by atoms with Gasteiger partial charge in [-0.05, 0) is 48.9 Å². The predicted molar refractivity (Wildman–Crippen MR) is 68.6 cm³/mol. The summed E-state index contributed by atoms with van der Waals surface area (Å²) < 4.78 is 19.1. The molecule has 0 aromatic heterocycles. The molecular weight excluding hydrogens is 255 g/mol. The van der Waals surface area contributed by atoms with Crippen LogP contribution in [0.3, 0.4) is 0 Å². The lowest BCUT2D eigenvalue weighted by atomic mass is 10.1. The maximum atomic E-state index is 13.7. The Morgan fingerprint density at radius 1 is 1.17 bits per heavy atom. The van der Waals surface area contributed by atoms with Gasteiger partial charge < -0.3 is 9.84 Å². The van der Waals surface area contributed by atoms with Gasteiger partial charge in [-0.2, -0.15) is 0 Å². The molecule has 1 unspecified atom stereocenters. The minimum absolute atomic E-state index is 0.113. The molecule has 1 N–H and O–H groups in total. The van der Waals surface area contributed by atoms with Crippen LogP contribution in [-0.4, -0.2) is 5.11 Å². The fourth-order valence-corrected chi connectivity index (χ4v) is 1.62. The first kappa shape index (κ1) is 12.9. The molecule has 0 radical (unpaired) electrons. The third-order valence-electron chi connectivity index (χ3n) is 2.48. The van der Waals surface area contributed by atoms with Gasteiger partial charge in [-0.3, -0.25) is 0 Å². The van der Waals surface area contributed by atoms with Gasteiger partial charge in [0, 0.05) is 5.02 Å². The van der Waals surface area contributed by atoms with Crippen molar-refractivity contribution < 1.29 is 14.2 Å². The molecule has 2 aromatic carbocycles. The molecule has 0 bridgehead atoms. The molecule has 1 atom stereocenters. The van der Waals surface area contributed by atoms with Crippen LogP contribution in [0.25, 0.3) is 0 Å². The normalized spacial score (nSPS) is 12.2. The Morgan fingerprint density at radius 3 is 2.39 bits per heavy atom. The highest BCUT2D eigenvalue weighted by Gasteiger charge is 2.08. The SMILES string of the molecule is CC(O)c1ccc(Oc2ccc(Cl)cc2)c(F)c1. The first-order chi connectivity index (χ1) is 8.56. The molecular formula is C14H12ClFO2. The summed E-state index contributed by atoms with van der Waals surface area (Å²) in [5.41, 5.74) is 0.510. The molecule has 0 aliphatic carbocycles. The van der Waals surface area contributed by atoms with Gasteiger partial charge >= 0.3 is 0 Å². The first-order valence-electron chi connectivity index (χ1n) is 5.47. The lowest BCUT2D eigenvalue weighted by molar-refractivity contribution is 0.198. The van der Waals surface area contributed by atoms with Crippen LogP contribution in [0.15, 0.2) is 42.5 Å². The van der Waals surface area contributed by atoms with Crippen molar-refractivity contribution in [3.8, 4) is 11.5 Å². The fourth-order valence-electron chi connectivity index (χ4n) is 1.49. The molecule has 0 amide bonds. The summed E-state index contributed by atoms with van der Waals surface area (Å²) in [6, 6.07) is 11.0. The number of benzene rings is 2. The fraction of sp³-hybridized carbons (Fsp3) is 0.143. The summed E-state index contributed by atoms with van der Waals surface area (Å²) in [7, 11) is 0. The standard InChI is InChI=1S/C14H12ClFO2/c1-9(17)10-2-7-14(13(16)8-10)18-12-5-3-11(15)4-6-12/h2-9,17H,1H3. The molecule has 2 rings (SSSR count). The molecule has 0 spiro atoms. The second kappa shape index (κ2) is 5.38. The molecule has 0 fully saturated rings. The second-order valence-electron chi connectivity index (χ2n) is 3.92. The molecule has 0 saturated carbocycles. The average Bonchev–Trinajstić information content (AvgIpc) is 2.34. The third kappa shape index (κ3) is 3.00. The van der Waals surface area contributed by atoms with Crippen LogP contribution in [0, 0.1) is 5.82 Å². The Labute approximate surface area is 110 Å². The van der Waals surface area contributed by atoms with Crippen LogP contribution in [0.5, 0.6) is 11.5 Å². The maximum absolute atomic E-state index is 13.7. The number of aliphatic hydroxyl groups excluding tert-OH is 1. The van der Waals surface area contributed by atoms with Crippen molar-refractivity contribution in [1.82, 2.24) is 0 Å². The van der Waals surface area contributed by atoms with E-state index in [1.807, 2.05) is 0 Å². The van der Waals surface area contributed by atoms with Gasteiger partial charge in [-0.1, -0.05) is 17.7 Å². The van der Waals surface area contributed by atoms with Crippen LogP contribution in [-0.2, 0) is 0 Å². The summed E-state index contributed by atoms with van der Waals surface area (Å²) in [5.74, 6) is 0.105. The van der Waals surface area contributed by atoms with Crippen LogP contribution < -0.4 is 4.74 Å². The van der Waals surface area contributed by atoms with Gasteiger partial charge in [0.05, 0.1) is 6.10 Å². The van der Waals surface area contributed by atoms with Gasteiger partial charge in [0.2, 0.25) is 0 Å². The summed E-state index contributed by atoms with van der Waals surface area (Å²) in [4.78, 5) is 0. The first-order valence-corrected chi connectivity index (χ1v) is 5.85. The minimum Gasteiger partial charge on any atom is -0.454 e. The number of rotatable bonds is 3. The minimum atomic E-state index is -0.705. The number of aliphatic hydroxyl groups is 1. The molecule has 2 aromatic rings. The van der Waals surface area contributed by atoms with E-state index in [0.717, 1.165) is 0 Å². The van der Waals surface area contributed by atoms with E-state index >= 15 is 0 Å². The molecule has 94 valence electrons. The van der Waals surface area contributed by atoms with Crippen LogP contribution in [0.2, 0.25) is 5.02 Å². The molecule has 0 heterocycles. The van der Waals surface area contributed by atoms with E-state index in [-0.39, 0.29) is 5.75 Å². The van der Waals surface area contributed by atoms with Crippen molar-refractivity contribution in [3.63, 3.8) is 0 Å². The highest BCUT2D eigenvalue weighted by atomic mass is 35.5. The monoisotopic (exact) mass is 266 g/mol. The van der Waals surface area contributed by atoms with Crippen molar-refractivity contribution in [1.29, 1.82) is 0 Å². The summed E-state index contributed by atoms with van der Waals surface area (Å²) in [6.07, 6.45) is -0.705. The lowest BCUT2D eigenvalue weighted by Crippen LogP contribution is -1.94. The van der Waals surface area contributed by atoms with E-state index in [1.54, 1.807) is 37.3 Å². The number of hydrogen-bond acceptors (Lipinski definition) is 2. The van der Waals surface area contributed by atoms with Gasteiger partial charge in [0.1, 0.15) is 5.75 Å². The highest BCUT2D eigenvalue weighted by Crippen LogP contribution is 2.27. The molecule has 2 nitrogen and oxygen atoms in total. The predicted octanol–water partition coefficient (Wildman–Crippen LogP) is 4.32. The zero-order chi connectivity index (χ0) is 13.1. The summed E-state index contributed by atoms with van der Waals surface area (Å²) in [5, 5.41) is 9.93. The van der Waals surface area contributed by atoms with E-state index in [1.165, 1.54) is 12.1 Å². The van der Waals surface area contributed by atoms with Gasteiger partial charge in [0.25, 0.3) is 0 Å². The van der Waals surface area contributed by atoms with Gasteiger partial charge in [-0.15, -0.1) is 0 Å². The van der Waals surface area contributed by atoms with Crippen molar-refractivity contribution in [2.75, 3.05) is 0 Å². The zero-order valence-electron chi connectivity index (χ0n) is 9.73. The van der Waals surface area contributed by atoms with E-state index in [0.29, 0.717) is 16.3 Å². The largest absolute Gasteiger partial charge is 0.454 e. The van der Waals surface area contributed by atoms with Gasteiger partial charge in [-0.25, -0.2) is 4.39 Å². The van der Waals surface area contributed by atoms with E-state index in [9.17, 15) is 9.50 Å². The van der Waals surface area contributed by atoms with Crippen molar-refractivity contribution >= 4 is 11.6 Å². The Bertz CT molecular complexity index is 538. The Morgan fingerprint density at radius 2 is 1.83 bits per heavy atom. The van der Waals surface area contributed by atoms with Gasteiger partial charge in [0.15, 0.2) is 11.6 Å². The maximum Gasteiger partial charge on any atom is 0.166 e. The summed E-state index contributed by atoms with van der Waals surface area (Å²) in [6.45, 7) is 1.58. The topological polar surface area (TPSA) is 29.5 Å². The highest BCUT2D eigenvalue weighted by molar-refractivity contribution is 6.30. The smallest absolute Gasteiger partial charge is 0.166 e. The van der Waals surface area contributed by atoms with E-state index < -0.39 is 11.9 Å². The second-order valence-corrected chi connectivity index (χ2v) is 4.36. The van der Waals surface area contributed by atoms with E-state index in [2.05, 4.69) is 0 Å². The molecule has 0 aliphatic rings. The Balaban J connectivity index is 2.22. The van der Waals surface area contributed by atoms with Crippen molar-refractivity contribution in [3.05, 3.63) is 58.9 Å². The van der Waals surface area contributed by atoms with Crippen molar-refractivity contribution in [2.45, 2.75) is 13.0 Å². The Kier molecular flexibility index (Phi) is 3.84. The van der Waals surface area contributed by atoms with Crippen LogP contribution in [0.4, 0.5) is 4.39 Å². The number of ether oxygens (including phenoxy) is 1.